The second-order valence-electron chi connectivity index (χ2n) is 6.65. The molecule has 0 saturated heterocycles. The highest BCUT2D eigenvalue weighted by Crippen LogP contribution is 2.28. The van der Waals surface area contributed by atoms with Crippen LogP contribution < -0.4 is 9.75 Å². The zero-order chi connectivity index (χ0) is 20.3. The number of rotatable bonds is 7. The van der Waals surface area contributed by atoms with Crippen LogP contribution in [0.5, 0.6) is 5.75 Å². The van der Waals surface area contributed by atoms with Crippen molar-refractivity contribution >= 4 is 29.5 Å². The van der Waals surface area contributed by atoms with E-state index in [0.717, 1.165) is 17.8 Å². The van der Waals surface area contributed by atoms with Crippen LogP contribution in [0.3, 0.4) is 0 Å². The van der Waals surface area contributed by atoms with Crippen LogP contribution in [0.25, 0.3) is 0 Å². The molecule has 0 radical (unpaired) electrons. The lowest BCUT2D eigenvalue weighted by molar-refractivity contribution is -0.141. The summed E-state index contributed by atoms with van der Waals surface area (Å²) in [4.78, 5) is 10.9. The van der Waals surface area contributed by atoms with E-state index in [9.17, 15) is 13.6 Å². The first-order chi connectivity index (χ1) is 13.3. The first-order valence-electron chi connectivity index (χ1n) is 8.76. The highest BCUT2D eigenvalue weighted by Gasteiger charge is 2.25. The summed E-state index contributed by atoms with van der Waals surface area (Å²) in [5, 5.41) is 15.5. The maximum atomic E-state index is 14.3. The quantitative estimate of drug-likeness (QED) is 0.731. The van der Waals surface area contributed by atoms with Crippen molar-refractivity contribution in [2.45, 2.75) is 25.8 Å². The van der Waals surface area contributed by atoms with E-state index in [2.05, 4.69) is 5.10 Å². The molecule has 0 bridgehead atoms. The molecule has 0 spiro atoms. The molecule has 2 unspecified atom stereocenters. The summed E-state index contributed by atoms with van der Waals surface area (Å²) in [5.41, 5.74) is 1.06. The van der Waals surface area contributed by atoms with Gasteiger partial charge in [0.25, 0.3) is 0 Å². The summed E-state index contributed by atoms with van der Waals surface area (Å²) in [6, 6.07) is 9.08. The van der Waals surface area contributed by atoms with Gasteiger partial charge in [-0.3, -0.25) is 9.80 Å². The lowest BCUT2D eigenvalue weighted by Crippen LogP contribution is -2.32. The second-order valence-corrected chi connectivity index (χ2v) is 7.09. The molecule has 0 aliphatic carbocycles. The minimum absolute atomic E-state index is 0.0291. The van der Waals surface area contributed by atoms with Gasteiger partial charge < -0.3 is 9.84 Å². The number of carboxylic acids is 1. The van der Waals surface area contributed by atoms with Gasteiger partial charge in [-0.1, -0.05) is 18.5 Å². The molecule has 1 N–H and O–H groups in total. The number of hydrazone groups is 1. The Morgan fingerprint density at radius 2 is 1.96 bits per heavy atom. The molecule has 1 aliphatic rings. The number of hydrogen-bond acceptors (Lipinski definition) is 4. The normalized spacial score (nSPS) is 17.0. The van der Waals surface area contributed by atoms with Crippen molar-refractivity contribution < 1.29 is 23.4 Å². The summed E-state index contributed by atoms with van der Waals surface area (Å²) < 4.78 is 34.1. The number of anilines is 1. The Labute approximate surface area is 166 Å². The van der Waals surface area contributed by atoms with Crippen molar-refractivity contribution in [1.29, 1.82) is 0 Å². The predicted molar refractivity (Wildman–Crippen MR) is 103 cm³/mol. The molecule has 0 fully saturated rings. The van der Waals surface area contributed by atoms with Gasteiger partial charge in [0.05, 0.1) is 17.6 Å². The summed E-state index contributed by atoms with van der Waals surface area (Å²) in [6.45, 7) is 1.51. The average molecular weight is 409 g/mol. The highest BCUT2D eigenvalue weighted by atomic mass is 35.5. The first-order valence-corrected chi connectivity index (χ1v) is 9.13. The fraction of sp³-hybridized carbons (Fsp3) is 0.300. The predicted octanol–water partition coefficient (Wildman–Crippen LogP) is 4.52. The minimum atomic E-state index is -1.02. The number of benzene rings is 2. The molecule has 5 nitrogen and oxygen atoms in total. The Hall–Kier alpha value is -2.67. The molecule has 2 aromatic carbocycles. The van der Waals surface area contributed by atoms with Crippen LogP contribution in [0.4, 0.5) is 14.5 Å². The molecule has 2 atom stereocenters. The van der Waals surface area contributed by atoms with Gasteiger partial charge in [-0.25, -0.2) is 8.78 Å². The fourth-order valence-electron chi connectivity index (χ4n) is 2.95. The Kier molecular flexibility index (Phi) is 6.14. The fourth-order valence-corrected chi connectivity index (χ4v) is 3.08. The number of hydrogen-bond donors (Lipinski definition) is 1. The number of aliphatic carboxylic acids is 1. The summed E-state index contributed by atoms with van der Waals surface area (Å²) in [6.07, 6.45) is 2.32. The number of carbonyl (C=O) groups is 1. The van der Waals surface area contributed by atoms with Crippen LogP contribution >= 0.6 is 11.6 Å². The molecule has 0 aromatic heterocycles. The zero-order valence-electron chi connectivity index (χ0n) is 15.1. The molecule has 148 valence electrons. The summed E-state index contributed by atoms with van der Waals surface area (Å²) in [7, 11) is 0. The third-order valence-electron chi connectivity index (χ3n) is 4.46. The smallest absolute Gasteiger partial charge is 0.306 e. The zero-order valence-corrected chi connectivity index (χ0v) is 15.9. The minimum Gasteiger partial charge on any atom is -0.485 e. The lowest BCUT2D eigenvalue weighted by atomic mass is 10.0. The molecule has 3 rings (SSSR count). The lowest BCUT2D eigenvalue weighted by Gasteiger charge is -2.24. The van der Waals surface area contributed by atoms with Gasteiger partial charge in [-0.15, -0.1) is 0 Å². The van der Waals surface area contributed by atoms with Crippen molar-refractivity contribution in [2.75, 3.05) is 11.6 Å². The van der Waals surface area contributed by atoms with Gasteiger partial charge in [-0.2, -0.15) is 5.10 Å². The largest absolute Gasteiger partial charge is 0.485 e. The average Bonchev–Trinajstić information content (AvgIpc) is 3.10. The first kappa shape index (κ1) is 20.1. The van der Waals surface area contributed by atoms with Gasteiger partial charge in [0.1, 0.15) is 6.61 Å². The molecule has 8 heteroatoms. The van der Waals surface area contributed by atoms with Crippen LogP contribution in [-0.2, 0) is 11.2 Å². The van der Waals surface area contributed by atoms with Gasteiger partial charge in [0.15, 0.2) is 17.4 Å². The van der Waals surface area contributed by atoms with Gasteiger partial charge in [-0.05, 0) is 48.4 Å². The molecule has 0 saturated carbocycles. The molecule has 0 amide bonds. The van der Waals surface area contributed by atoms with Crippen molar-refractivity contribution in [1.82, 2.24) is 0 Å². The molecule has 2 aromatic rings. The van der Waals surface area contributed by atoms with Gasteiger partial charge in [0, 0.05) is 17.7 Å². The SMILES string of the molecule is CC(Cc1cc(F)c(OCC2CC=NN2c2ccc(Cl)cc2)c(F)c1)C(=O)O. The van der Waals surface area contributed by atoms with E-state index in [4.69, 9.17) is 21.4 Å². The van der Waals surface area contributed by atoms with E-state index in [1.165, 1.54) is 6.92 Å². The monoisotopic (exact) mass is 408 g/mol. The molecular formula is C20H19ClF2N2O3. The number of halogens is 3. The Morgan fingerprint density at radius 3 is 2.57 bits per heavy atom. The van der Waals surface area contributed by atoms with E-state index in [-0.39, 0.29) is 24.6 Å². The van der Waals surface area contributed by atoms with Gasteiger partial charge >= 0.3 is 5.97 Å². The van der Waals surface area contributed by atoms with Crippen LogP contribution in [0.1, 0.15) is 18.9 Å². The number of ether oxygens (including phenoxy) is 1. The molecular weight excluding hydrogens is 390 g/mol. The van der Waals surface area contributed by atoms with Crippen molar-refractivity contribution in [2.24, 2.45) is 11.0 Å². The Morgan fingerprint density at radius 1 is 1.32 bits per heavy atom. The molecule has 28 heavy (non-hydrogen) atoms. The van der Waals surface area contributed by atoms with E-state index in [1.807, 2.05) is 0 Å². The van der Waals surface area contributed by atoms with Crippen LogP contribution in [0.2, 0.25) is 5.02 Å². The van der Waals surface area contributed by atoms with Crippen molar-refractivity contribution in [3.63, 3.8) is 0 Å². The van der Waals surface area contributed by atoms with Crippen molar-refractivity contribution in [3.05, 3.63) is 58.6 Å². The number of nitrogens with zero attached hydrogens (tertiary/aromatic N) is 2. The second kappa shape index (κ2) is 8.56. The van der Waals surface area contributed by atoms with Crippen LogP contribution in [-0.4, -0.2) is 29.9 Å². The van der Waals surface area contributed by atoms with Gasteiger partial charge in [0.2, 0.25) is 0 Å². The summed E-state index contributed by atoms with van der Waals surface area (Å²) in [5.74, 6) is -3.96. The van der Waals surface area contributed by atoms with E-state index in [1.54, 1.807) is 35.5 Å². The van der Waals surface area contributed by atoms with E-state index < -0.39 is 29.3 Å². The standard InChI is InChI=1S/C20H19ClF2N2O3/c1-12(20(26)27)8-13-9-17(22)19(18(23)10-13)28-11-16-6-7-24-25(16)15-4-2-14(21)3-5-15/h2-5,7,9-10,12,16H,6,8,11H2,1H3,(H,26,27). The highest BCUT2D eigenvalue weighted by molar-refractivity contribution is 6.30. The van der Waals surface area contributed by atoms with Crippen LogP contribution in [0, 0.1) is 17.6 Å². The third-order valence-corrected chi connectivity index (χ3v) is 4.71. The molecule has 1 heterocycles. The number of carboxylic acid groups (broad SMARTS) is 1. The van der Waals surface area contributed by atoms with E-state index in [0.29, 0.717) is 11.4 Å². The third kappa shape index (κ3) is 4.59. The Balaban J connectivity index is 1.68. The molecule has 1 aliphatic heterocycles. The maximum absolute atomic E-state index is 14.3. The van der Waals surface area contributed by atoms with Crippen molar-refractivity contribution in [3.8, 4) is 5.75 Å². The maximum Gasteiger partial charge on any atom is 0.306 e. The topological polar surface area (TPSA) is 62.1 Å². The summed E-state index contributed by atoms with van der Waals surface area (Å²) >= 11 is 5.89. The Bertz CT molecular complexity index is 867. The van der Waals surface area contributed by atoms with Crippen LogP contribution in [0.15, 0.2) is 41.5 Å². The van der Waals surface area contributed by atoms with E-state index >= 15 is 0 Å².